The Labute approximate surface area is 205 Å². The van der Waals surface area contributed by atoms with Crippen LogP contribution in [0, 0.1) is 12.8 Å². The van der Waals surface area contributed by atoms with Gasteiger partial charge >= 0.3 is 5.97 Å². The van der Waals surface area contributed by atoms with Crippen molar-refractivity contribution in [2.45, 2.75) is 58.1 Å². The third-order valence-electron chi connectivity index (χ3n) is 6.58. The number of anilines is 1. The highest BCUT2D eigenvalue weighted by Gasteiger charge is 2.33. The van der Waals surface area contributed by atoms with Crippen LogP contribution in [0.1, 0.15) is 64.5 Å². The molecule has 2 heterocycles. The zero-order chi connectivity index (χ0) is 24.3. The van der Waals surface area contributed by atoms with Crippen LogP contribution in [-0.2, 0) is 38.1 Å². The Morgan fingerprint density at radius 2 is 1.79 bits per heavy atom. The average Bonchev–Trinajstić information content (AvgIpc) is 3.18. The summed E-state index contributed by atoms with van der Waals surface area (Å²) in [6.07, 6.45) is 4.77. The summed E-state index contributed by atoms with van der Waals surface area (Å²) in [5.41, 5.74) is 3.37. The number of rotatable bonds is 7. The molecule has 1 fully saturated rings. The van der Waals surface area contributed by atoms with Gasteiger partial charge in [0.25, 0.3) is 0 Å². The van der Waals surface area contributed by atoms with Crippen LogP contribution in [0.25, 0.3) is 0 Å². The molecular weight excluding hydrogens is 472 g/mol. The summed E-state index contributed by atoms with van der Waals surface area (Å²) in [5, 5.41) is 3.56. The maximum Gasteiger partial charge on any atom is 0.341 e. The van der Waals surface area contributed by atoms with Gasteiger partial charge in [-0.2, -0.15) is 0 Å². The maximum absolute atomic E-state index is 13.1. The highest BCUT2D eigenvalue weighted by Crippen LogP contribution is 2.39. The Kier molecular flexibility index (Phi) is 7.74. The highest BCUT2D eigenvalue weighted by molar-refractivity contribution is 7.88. The molecule has 1 aromatic carbocycles. The van der Waals surface area contributed by atoms with Crippen LogP contribution in [0.15, 0.2) is 24.3 Å². The molecule has 0 saturated carbocycles. The second kappa shape index (κ2) is 10.6. The van der Waals surface area contributed by atoms with Crippen LogP contribution in [-0.4, -0.2) is 44.3 Å². The van der Waals surface area contributed by atoms with Crippen LogP contribution in [0.2, 0.25) is 0 Å². The van der Waals surface area contributed by atoms with E-state index in [4.69, 9.17) is 4.74 Å². The molecule has 0 radical (unpaired) electrons. The van der Waals surface area contributed by atoms with Gasteiger partial charge < -0.3 is 10.1 Å². The zero-order valence-corrected chi connectivity index (χ0v) is 21.4. The molecule has 0 spiro atoms. The van der Waals surface area contributed by atoms with E-state index < -0.39 is 10.0 Å². The third kappa shape index (κ3) is 5.53. The van der Waals surface area contributed by atoms with Crippen molar-refractivity contribution in [1.29, 1.82) is 0 Å². The molecule has 1 saturated heterocycles. The number of aryl methyl sites for hydroxylation is 2. The fraction of sp³-hybridized carbons (Fsp3) is 0.520. The number of amides is 1. The fourth-order valence-corrected chi connectivity index (χ4v) is 7.51. The molecule has 1 aliphatic heterocycles. The van der Waals surface area contributed by atoms with Gasteiger partial charge in [0.05, 0.1) is 17.9 Å². The molecule has 1 aliphatic carbocycles. The first-order valence-electron chi connectivity index (χ1n) is 11.9. The lowest BCUT2D eigenvalue weighted by molar-refractivity contribution is -0.120. The van der Waals surface area contributed by atoms with Crippen LogP contribution in [0.3, 0.4) is 0 Å². The second-order valence-corrected chi connectivity index (χ2v) is 12.1. The number of benzene rings is 1. The number of fused-ring (bicyclic) bond motifs is 1. The number of hydrogen-bond donors (Lipinski definition) is 1. The van der Waals surface area contributed by atoms with E-state index in [2.05, 4.69) is 5.32 Å². The summed E-state index contributed by atoms with van der Waals surface area (Å²) in [6.45, 7) is 4.66. The summed E-state index contributed by atoms with van der Waals surface area (Å²) in [4.78, 5) is 26.9. The Morgan fingerprint density at radius 1 is 1.12 bits per heavy atom. The number of ether oxygens (including phenoxy) is 1. The molecule has 4 rings (SSSR count). The summed E-state index contributed by atoms with van der Waals surface area (Å²) < 4.78 is 32.5. The molecule has 0 atom stereocenters. The molecule has 1 aromatic heterocycles. The molecule has 34 heavy (non-hydrogen) atoms. The number of nitrogens with zero attached hydrogens (tertiary/aromatic N) is 1. The van der Waals surface area contributed by atoms with Crippen molar-refractivity contribution in [2.75, 3.05) is 25.0 Å². The number of sulfonamides is 1. The predicted molar refractivity (Wildman–Crippen MR) is 134 cm³/mol. The molecule has 184 valence electrons. The number of thiophene rings is 1. The minimum atomic E-state index is -3.44. The molecule has 2 aromatic rings. The van der Waals surface area contributed by atoms with Crippen molar-refractivity contribution in [3.8, 4) is 0 Å². The minimum Gasteiger partial charge on any atom is -0.462 e. The lowest BCUT2D eigenvalue weighted by Crippen LogP contribution is -2.41. The molecular formula is C25H32N2O5S2. The lowest BCUT2D eigenvalue weighted by Gasteiger charge is -2.30. The SMILES string of the molecule is CCOC(=O)c1c(NC(=O)C2CCN(S(=O)(=O)Cc3ccc(C)cc3)CC2)sc2c1CCCC2. The van der Waals surface area contributed by atoms with Gasteiger partial charge in [0.2, 0.25) is 15.9 Å². The van der Waals surface area contributed by atoms with Crippen molar-refractivity contribution >= 4 is 38.2 Å². The lowest BCUT2D eigenvalue weighted by atomic mass is 9.95. The van der Waals surface area contributed by atoms with E-state index in [1.165, 1.54) is 15.6 Å². The van der Waals surface area contributed by atoms with Gasteiger partial charge in [-0.3, -0.25) is 4.79 Å². The van der Waals surface area contributed by atoms with Gasteiger partial charge in [-0.15, -0.1) is 11.3 Å². The van der Waals surface area contributed by atoms with E-state index in [0.717, 1.165) is 47.3 Å². The van der Waals surface area contributed by atoms with E-state index in [-0.39, 0.29) is 30.2 Å². The van der Waals surface area contributed by atoms with Gasteiger partial charge in [-0.1, -0.05) is 29.8 Å². The molecule has 0 unspecified atom stereocenters. The minimum absolute atomic E-state index is 0.0339. The van der Waals surface area contributed by atoms with Gasteiger partial charge in [0, 0.05) is 23.9 Å². The molecule has 1 amide bonds. The largest absolute Gasteiger partial charge is 0.462 e. The van der Waals surface area contributed by atoms with Crippen molar-refractivity contribution in [3.05, 3.63) is 51.4 Å². The summed E-state index contributed by atoms with van der Waals surface area (Å²) in [7, 11) is -3.44. The first-order valence-corrected chi connectivity index (χ1v) is 14.4. The van der Waals surface area contributed by atoms with E-state index in [0.29, 0.717) is 36.5 Å². The van der Waals surface area contributed by atoms with E-state index >= 15 is 0 Å². The predicted octanol–water partition coefficient (Wildman–Crippen LogP) is 4.29. The van der Waals surface area contributed by atoms with Crippen molar-refractivity contribution in [3.63, 3.8) is 0 Å². The van der Waals surface area contributed by atoms with Crippen LogP contribution < -0.4 is 5.32 Å². The van der Waals surface area contributed by atoms with Crippen LogP contribution in [0.5, 0.6) is 0 Å². The number of piperidine rings is 1. The summed E-state index contributed by atoms with van der Waals surface area (Å²) in [6, 6.07) is 7.51. The molecule has 9 heteroatoms. The van der Waals surface area contributed by atoms with Crippen LogP contribution in [0.4, 0.5) is 5.00 Å². The Hall–Kier alpha value is -2.23. The maximum atomic E-state index is 13.1. The quantitative estimate of drug-likeness (QED) is 0.568. The average molecular weight is 505 g/mol. The summed E-state index contributed by atoms with van der Waals surface area (Å²) in [5.74, 6) is -0.859. The normalized spacial score (nSPS) is 17.2. The molecule has 7 nitrogen and oxygen atoms in total. The Morgan fingerprint density at radius 3 is 2.47 bits per heavy atom. The standard InChI is InChI=1S/C25H32N2O5S2/c1-3-32-25(29)22-20-6-4-5-7-21(20)33-24(22)26-23(28)19-12-14-27(15-13-19)34(30,31)16-18-10-8-17(2)9-11-18/h8-11,19H,3-7,12-16H2,1-2H3,(H,26,28). The third-order valence-corrected chi connectivity index (χ3v) is 9.63. The molecule has 0 bridgehead atoms. The van der Waals surface area contributed by atoms with Crippen LogP contribution >= 0.6 is 11.3 Å². The topological polar surface area (TPSA) is 92.8 Å². The van der Waals surface area contributed by atoms with Gasteiger partial charge in [-0.25, -0.2) is 17.5 Å². The first kappa shape index (κ1) is 24.9. The van der Waals surface area contributed by atoms with Crippen molar-refractivity contribution in [1.82, 2.24) is 4.31 Å². The van der Waals surface area contributed by atoms with Crippen molar-refractivity contribution in [2.24, 2.45) is 5.92 Å². The fourth-order valence-electron chi connectivity index (χ4n) is 4.67. The summed E-state index contributed by atoms with van der Waals surface area (Å²) >= 11 is 1.48. The van der Waals surface area contributed by atoms with Gasteiger partial charge in [-0.05, 0) is 63.5 Å². The van der Waals surface area contributed by atoms with Crippen molar-refractivity contribution < 1.29 is 22.7 Å². The van der Waals surface area contributed by atoms with E-state index in [1.54, 1.807) is 6.92 Å². The number of carbonyl (C=O) groups is 2. The van der Waals surface area contributed by atoms with E-state index in [9.17, 15) is 18.0 Å². The number of carbonyl (C=O) groups excluding carboxylic acids is 2. The smallest absolute Gasteiger partial charge is 0.341 e. The highest BCUT2D eigenvalue weighted by atomic mass is 32.2. The zero-order valence-electron chi connectivity index (χ0n) is 19.8. The number of hydrogen-bond acceptors (Lipinski definition) is 6. The van der Waals surface area contributed by atoms with Gasteiger partial charge in [0.15, 0.2) is 0 Å². The van der Waals surface area contributed by atoms with E-state index in [1.807, 2.05) is 31.2 Å². The Balaban J connectivity index is 1.40. The molecule has 2 aliphatic rings. The second-order valence-electron chi connectivity index (χ2n) is 9.04. The monoisotopic (exact) mass is 504 g/mol. The number of nitrogens with one attached hydrogen (secondary N) is 1. The first-order chi connectivity index (χ1) is 16.3. The number of esters is 1. The molecule has 1 N–H and O–H groups in total. The van der Waals surface area contributed by atoms with Gasteiger partial charge in [0.1, 0.15) is 5.00 Å². The Bertz CT molecular complexity index is 1150.